The molecule has 1 N–H and O–H groups in total. The fourth-order valence-electron chi connectivity index (χ4n) is 2.09. The number of thioether (sulfide) groups is 1. The van der Waals surface area contributed by atoms with E-state index in [-0.39, 0.29) is 16.9 Å². The third-order valence-corrected chi connectivity index (χ3v) is 4.25. The minimum absolute atomic E-state index is 0.0150. The van der Waals surface area contributed by atoms with E-state index in [4.69, 9.17) is 9.47 Å². The molecule has 0 saturated heterocycles. The molecule has 0 bridgehead atoms. The van der Waals surface area contributed by atoms with Crippen molar-refractivity contribution in [1.82, 2.24) is 0 Å². The molecule has 5 nitrogen and oxygen atoms in total. The Morgan fingerprint density at radius 3 is 2.26 bits per heavy atom. The van der Waals surface area contributed by atoms with Gasteiger partial charge in [0, 0.05) is 10.6 Å². The number of methoxy groups -OCH3 is 2. The number of carbonyl (C=O) groups excluding carboxylic acids is 2. The highest BCUT2D eigenvalue weighted by atomic mass is 32.2. The molecule has 2 rings (SSSR count). The van der Waals surface area contributed by atoms with Crippen LogP contribution in [0.3, 0.4) is 0 Å². The van der Waals surface area contributed by atoms with Crippen molar-refractivity contribution in [2.45, 2.75) is 10.6 Å². The predicted octanol–water partition coefficient (Wildman–Crippen LogP) is 3.26. The van der Waals surface area contributed by atoms with Gasteiger partial charge in [0.25, 0.3) is 0 Å². The average molecular weight is 332 g/mol. The highest BCUT2D eigenvalue weighted by Gasteiger charge is 2.24. The zero-order valence-corrected chi connectivity index (χ0v) is 13.6. The molecule has 0 aliphatic heterocycles. The van der Waals surface area contributed by atoms with Gasteiger partial charge in [-0.15, -0.1) is 11.8 Å². The number of phenolic OH excluding ortho intramolecular Hbond substituents is 1. The van der Waals surface area contributed by atoms with Crippen LogP contribution in [0.15, 0.2) is 47.4 Å². The van der Waals surface area contributed by atoms with Gasteiger partial charge in [-0.2, -0.15) is 0 Å². The van der Waals surface area contributed by atoms with E-state index in [1.54, 1.807) is 0 Å². The van der Waals surface area contributed by atoms with E-state index in [0.717, 1.165) is 4.90 Å². The van der Waals surface area contributed by atoms with Crippen LogP contribution in [0.5, 0.6) is 5.75 Å². The third-order valence-electron chi connectivity index (χ3n) is 3.21. The van der Waals surface area contributed by atoms with E-state index in [9.17, 15) is 14.7 Å². The Labute approximate surface area is 138 Å². The summed E-state index contributed by atoms with van der Waals surface area (Å²) in [4.78, 5) is 24.9. The lowest BCUT2D eigenvalue weighted by molar-refractivity contribution is 0.0595. The van der Waals surface area contributed by atoms with E-state index >= 15 is 0 Å². The van der Waals surface area contributed by atoms with Crippen LogP contribution in [-0.4, -0.2) is 31.3 Å². The maximum absolute atomic E-state index is 12.0. The van der Waals surface area contributed by atoms with Crippen LogP contribution in [0.2, 0.25) is 0 Å². The number of ether oxygens (including phenoxy) is 2. The molecule has 23 heavy (non-hydrogen) atoms. The van der Waals surface area contributed by atoms with Crippen LogP contribution in [0, 0.1) is 0 Å². The van der Waals surface area contributed by atoms with Crippen LogP contribution in [0.4, 0.5) is 0 Å². The maximum Gasteiger partial charge on any atom is 0.341 e. The van der Waals surface area contributed by atoms with Crippen LogP contribution in [0.1, 0.15) is 26.3 Å². The van der Waals surface area contributed by atoms with Gasteiger partial charge < -0.3 is 14.6 Å². The number of aromatic hydroxyl groups is 1. The normalized spacial score (nSPS) is 10.2. The van der Waals surface area contributed by atoms with E-state index < -0.39 is 11.9 Å². The van der Waals surface area contributed by atoms with E-state index in [1.807, 2.05) is 30.3 Å². The van der Waals surface area contributed by atoms with Crippen LogP contribution in [-0.2, 0) is 15.2 Å². The molecule has 2 aromatic carbocycles. The Morgan fingerprint density at radius 1 is 1.00 bits per heavy atom. The van der Waals surface area contributed by atoms with Gasteiger partial charge in [-0.05, 0) is 29.8 Å². The molecule has 0 unspecified atom stereocenters. The summed E-state index contributed by atoms with van der Waals surface area (Å²) in [6.45, 7) is 0. The summed E-state index contributed by atoms with van der Waals surface area (Å²) in [5.41, 5.74) is 0.602. The van der Waals surface area contributed by atoms with E-state index in [1.165, 1.54) is 38.1 Å². The SMILES string of the molecule is COC(=O)c1ccc(O)c(C(=O)OC)c1CSc1ccccc1. The Hall–Kier alpha value is -2.47. The molecular formula is C17H16O5S. The highest BCUT2D eigenvalue weighted by molar-refractivity contribution is 7.98. The summed E-state index contributed by atoms with van der Waals surface area (Å²) in [5, 5.41) is 10.0. The van der Waals surface area contributed by atoms with Crippen molar-refractivity contribution < 1.29 is 24.2 Å². The lowest BCUT2D eigenvalue weighted by Gasteiger charge is -2.13. The predicted molar refractivity (Wildman–Crippen MR) is 86.8 cm³/mol. The number of carbonyl (C=O) groups is 2. The first-order valence-corrected chi connectivity index (χ1v) is 7.76. The van der Waals surface area contributed by atoms with Crippen LogP contribution < -0.4 is 0 Å². The number of benzene rings is 2. The largest absolute Gasteiger partial charge is 0.507 e. The maximum atomic E-state index is 12.0. The first-order valence-electron chi connectivity index (χ1n) is 6.77. The summed E-state index contributed by atoms with van der Waals surface area (Å²) >= 11 is 1.44. The summed E-state index contributed by atoms with van der Waals surface area (Å²) in [6, 6.07) is 12.3. The van der Waals surface area contributed by atoms with Gasteiger partial charge in [-0.3, -0.25) is 0 Å². The second kappa shape index (κ2) is 7.69. The summed E-state index contributed by atoms with van der Waals surface area (Å²) < 4.78 is 9.47. The Balaban J connectivity index is 2.45. The first-order chi connectivity index (χ1) is 11.1. The highest BCUT2D eigenvalue weighted by Crippen LogP contribution is 2.32. The minimum Gasteiger partial charge on any atom is -0.507 e. The van der Waals surface area contributed by atoms with Crippen molar-refractivity contribution in [3.05, 3.63) is 59.2 Å². The standard InChI is InChI=1S/C17H16O5S/c1-21-16(19)12-8-9-14(18)15(17(20)22-2)13(12)10-23-11-6-4-3-5-7-11/h3-9,18H,10H2,1-2H3. The molecule has 0 aromatic heterocycles. The van der Waals surface area contributed by atoms with Crippen molar-refractivity contribution >= 4 is 23.7 Å². The van der Waals surface area contributed by atoms with Crippen LogP contribution in [0.25, 0.3) is 0 Å². The fraction of sp³-hybridized carbons (Fsp3) is 0.176. The molecule has 0 amide bonds. The van der Waals surface area contributed by atoms with Gasteiger partial charge in [-0.1, -0.05) is 18.2 Å². The van der Waals surface area contributed by atoms with Crippen molar-refractivity contribution in [1.29, 1.82) is 0 Å². The summed E-state index contributed by atoms with van der Waals surface area (Å²) in [6.07, 6.45) is 0. The van der Waals surface area contributed by atoms with Crippen molar-refractivity contribution in [2.75, 3.05) is 14.2 Å². The first kappa shape index (κ1) is 16.9. The second-order valence-electron chi connectivity index (χ2n) is 4.57. The van der Waals surface area contributed by atoms with Gasteiger partial charge in [0.15, 0.2) is 0 Å². The molecule has 0 atom stereocenters. The number of phenols is 1. The summed E-state index contributed by atoms with van der Waals surface area (Å²) in [7, 11) is 2.49. The smallest absolute Gasteiger partial charge is 0.341 e. The van der Waals surface area contributed by atoms with Gasteiger partial charge in [0.1, 0.15) is 11.3 Å². The minimum atomic E-state index is -0.697. The van der Waals surface area contributed by atoms with Crippen molar-refractivity contribution in [2.24, 2.45) is 0 Å². The van der Waals surface area contributed by atoms with E-state index in [2.05, 4.69) is 0 Å². The monoisotopic (exact) mass is 332 g/mol. The molecule has 0 radical (unpaired) electrons. The molecule has 6 heteroatoms. The fourth-order valence-corrected chi connectivity index (χ4v) is 3.05. The topological polar surface area (TPSA) is 72.8 Å². The van der Waals surface area contributed by atoms with Crippen molar-refractivity contribution in [3.63, 3.8) is 0 Å². The lowest BCUT2D eigenvalue weighted by atomic mass is 10.0. The average Bonchev–Trinajstić information content (AvgIpc) is 2.59. The zero-order chi connectivity index (χ0) is 16.8. The lowest BCUT2D eigenvalue weighted by Crippen LogP contribution is -2.12. The Kier molecular flexibility index (Phi) is 5.65. The number of esters is 2. The third kappa shape index (κ3) is 3.84. The molecule has 120 valence electrons. The second-order valence-corrected chi connectivity index (χ2v) is 5.62. The summed E-state index contributed by atoms with van der Waals surface area (Å²) in [5.74, 6) is -1.18. The quantitative estimate of drug-likeness (QED) is 0.669. The van der Waals surface area contributed by atoms with Gasteiger partial charge in [-0.25, -0.2) is 9.59 Å². The molecule has 0 heterocycles. The number of hydrogen-bond donors (Lipinski definition) is 1. The van der Waals surface area contributed by atoms with Gasteiger partial charge >= 0.3 is 11.9 Å². The molecule has 0 aliphatic carbocycles. The van der Waals surface area contributed by atoms with Gasteiger partial charge in [0.05, 0.1) is 19.8 Å². The van der Waals surface area contributed by atoms with E-state index in [0.29, 0.717) is 11.3 Å². The molecule has 2 aromatic rings. The Morgan fingerprint density at radius 2 is 1.65 bits per heavy atom. The number of hydrogen-bond acceptors (Lipinski definition) is 6. The molecule has 0 fully saturated rings. The Bertz CT molecular complexity index is 712. The number of rotatable bonds is 5. The van der Waals surface area contributed by atoms with Crippen LogP contribution >= 0.6 is 11.8 Å². The van der Waals surface area contributed by atoms with Gasteiger partial charge in [0.2, 0.25) is 0 Å². The molecular weight excluding hydrogens is 316 g/mol. The zero-order valence-electron chi connectivity index (χ0n) is 12.7. The van der Waals surface area contributed by atoms with Crippen molar-refractivity contribution in [3.8, 4) is 5.75 Å². The molecule has 0 spiro atoms. The molecule has 0 saturated carbocycles. The molecule has 0 aliphatic rings.